The molecule has 0 amide bonds. The molecule has 0 bridgehead atoms. The fourth-order valence-corrected chi connectivity index (χ4v) is 4.53. The van der Waals surface area contributed by atoms with Crippen molar-refractivity contribution in [3.05, 3.63) is 0 Å². The highest BCUT2D eigenvalue weighted by Gasteiger charge is 2.40. The molecule has 1 atom stereocenters. The third-order valence-corrected chi connectivity index (χ3v) is 6.11. The van der Waals surface area contributed by atoms with Gasteiger partial charge in [-0.25, -0.2) is 9.79 Å². The number of rotatable bonds is 10. The van der Waals surface area contributed by atoms with E-state index in [1.54, 1.807) is 6.08 Å². The number of hydrogen-bond donors (Lipinski definition) is 0. The average Bonchev–Trinajstić information content (AvgIpc) is 2.29. The van der Waals surface area contributed by atoms with Crippen molar-refractivity contribution in [2.45, 2.75) is 58.7 Å². The average molecular weight is 259 g/mol. The van der Waals surface area contributed by atoms with Gasteiger partial charge in [-0.15, -0.1) is 0 Å². The van der Waals surface area contributed by atoms with Crippen molar-refractivity contribution in [2.24, 2.45) is 4.99 Å². The van der Waals surface area contributed by atoms with Gasteiger partial charge in [0.1, 0.15) is 5.67 Å². The van der Waals surface area contributed by atoms with E-state index in [0.29, 0.717) is 13.2 Å². The first-order valence-electron chi connectivity index (χ1n) is 6.49. The predicted molar refractivity (Wildman–Crippen MR) is 70.9 cm³/mol. The molecule has 4 nitrogen and oxygen atoms in total. The summed E-state index contributed by atoms with van der Waals surface area (Å²) in [6.07, 6.45) is 5.87. The Hall–Kier alpha value is -0.483. The van der Waals surface area contributed by atoms with E-state index in [0.717, 1.165) is 25.7 Å². The maximum Gasteiger partial charge on any atom is 0.361 e. The minimum absolute atomic E-state index is 0.133. The van der Waals surface area contributed by atoms with E-state index in [2.05, 4.69) is 11.9 Å². The third-order valence-electron chi connectivity index (χ3n) is 2.76. The second kappa shape index (κ2) is 9.54. The number of unbranched alkanes of at least 4 members (excludes halogenated alkanes) is 2. The largest absolute Gasteiger partial charge is 0.393 e. The van der Waals surface area contributed by atoms with Gasteiger partial charge in [0.2, 0.25) is 6.08 Å². The van der Waals surface area contributed by atoms with Gasteiger partial charge in [-0.2, -0.15) is 0 Å². The van der Waals surface area contributed by atoms with Crippen LogP contribution in [0.3, 0.4) is 0 Å². The molecule has 1 unspecified atom stereocenters. The molecule has 0 heterocycles. The van der Waals surface area contributed by atoms with Crippen LogP contribution >= 0.6 is 0 Å². The van der Waals surface area contributed by atoms with Gasteiger partial charge in [0.25, 0.3) is 0 Å². The lowest BCUT2D eigenvalue weighted by atomic mass is 10.2. The molecule has 0 aromatic heterocycles. The van der Waals surface area contributed by atoms with Crippen LogP contribution in [-0.2, 0) is 13.6 Å². The molecule has 5 heteroatoms. The number of nitrogens with zero attached hydrogens (tertiary/aromatic N) is 1. The molecule has 0 aliphatic rings. The highest BCUT2D eigenvalue weighted by Crippen LogP contribution is 2.21. The van der Waals surface area contributed by atoms with Crippen molar-refractivity contribution in [2.75, 3.05) is 13.2 Å². The smallest absolute Gasteiger partial charge is 0.361 e. The minimum atomic E-state index is -2.38. The maximum absolute atomic E-state index is 10.5. The molecule has 0 aliphatic carbocycles. The summed E-state index contributed by atoms with van der Waals surface area (Å²) in [5, 5.41) is 0. The summed E-state index contributed by atoms with van der Waals surface area (Å²) >= 11 is 0. The zero-order chi connectivity index (χ0) is 13.1. The Bertz CT molecular complexity index is 236. The fraction of sp³-hybridized carbons (Fsp3) is 0.917. The topological polar surface area (TPSA) is 47.9 Å². The van der Waals surface area contributed by atoms with Crippen molar-refractivity contribution in [1.29, 1.82) is 0 Å². The van der Waals surface area contributed by atoms with Crippen LogP contribution in [0.4, 0.5) is 0 Å². The molecule has 0 saturated carbocycles. The quantitative estimate of drug-likeness (QED) is 0.262. The molecule has 0 aliphatic heterocycles. The van der Waals surface area contributed by atoms with Crippen LogP contribution in [-0.4, -0.2) is 33.5 Å². The number of carbonyl (C=O) groups excluding carboxylic acids is 1. The fourth-order valence-electron chi connectivity index (χ4n) is 1.90. The first-order chi connectivity index (χ1) is 8.14. The summed E-state index contributed by atoms with van der Waals surface area (Å²) in [6, 6.07) is 0. The standard InChI is InChI=1S/C12H25NO3Si/c1-5-8-9-10-12(13-11-14)17(4,15-6-2)16-7-3/h12H,5-10H2,1-4H3. The highest BCUT2D eigenvalue weighted by molar-refractivity contribution is 6.67. The Balaban J connectivity index is 4.63. The van der Waals surface area contributed by atoms with Crippen molar-refractivity contribution in [3.63, 3.8) is 0 Å². The van der Waals surface area contributed by atoms with Gasteiger partial charge in [0.05, 0.1) is 0 Å². The molecule has 0 radical (unpaired) electrons. The lowest BCUT2D eigenvalue weighted by Crippen LogP contribution is -2.50. The molecule has 0 spiro atoms. The van der Waals surface area contributed by atoms with Crippen LogP contribution < -0.4 is 0 Å². The number of isocyanates is 1. The zero-order valence-electron chi connectivity index (χ0n) is 11.5. The lowest BCUT2D eigenvalue weighted by molar-refractivity contribution is 0.178. The highest BCUT2D eigenvalue weighted by atomic mass is 28.4. The second-order valence-corrected chi connectivity index (χ2v) is 7.39. The van der Waals surface area contributed by atoms with Gasteiger partial charge < -0.3 is 8.85 Å². The molecule has 0 rings (SSSR count). The summed E-state index contributed by atoms with van der Waals surface area (Å²) in [6.45, 7) is 9.22. The molecule has 0 fully saturated rings. The van der Waals surface area contributed by atoms with Crippen LogP contribution in [0.1, 0.15) is 46.5 Å². The summed E-state index contributed by atoms with van der Waals surface area (Å²) in [5.41, 5.74) is -0.133. The molecule has 0 aromatic rings. The van der Waals surface area contributed by atoms with E-state index in [1.165, 1.54) is 0 Å². The van der Waals surface area contributed by atoms with Gasteiger partial charge in [0, 0.05) is 13.2 Å². The van der Waals surface area contributed by atoms with Crippen LogP contribution in [0.5, 0.6) is 0 Å². The van der Waals surface area contributed by atoms with Crippen molar-refractivity contribution in [3.8, 4) is 0 Å². The molecule has 0 N–H and O–H groups in total. The molecular formula is C12H25NO3Si. The van der Waals surface area contributed by atoms with Gasteiger partial charge in [-0.1, -0.05) is 26.2 Å². The Morgan fingerprint density at radius 3 is 2.18 bits per heavy atom. The Morgan fingerprint density at radius 2 is 1.76 bits per heavy atom. The van der Waals surface area contributed by atoms with E-state index in [-0.39, 0.29) is 5.67 Å². The van der Waals surface area contributed by atoms with Crippen molar-refractivity contribution >= 4 is 14.6 Å². The Morgan fingerprint density at radius 1 is 1.18 bits per heavy atom. The Kier molecular flexibility index (Phi) is 9.27. The molecule has 0 aromatic carbocycles. The molecule has 17 heavy (non-hydrogen) atoms. The molecule has 100 valence electrons. The van der Waals surface area contributed by atoms with E-state index in [9.17, 15) is 4.79 Å². The lowest BCUT2D eigenvalue weighted by Gasteiger charge is -2.30. The van der Waals surface area contributed by atoms with Crippen LogP contribution in [0.25, 0.3) is 0 Å². The summed E-state index contributed by atoms with van der Waals surface area (Å²) < 4.78 is 11.5. The van der Waals surface area contributed by atoms with Crippen molar-refractivity contribution in [1.82, 2.24) is 0 Å². The van der Waals surface area contributed by atoms with Gasteiger partial charge in [-0.3, -0.25) is 0 Å². The van der Waals surface area contributed by atoms with Crippen LogP contribution in [0, 0.1) is 0 Å². The predicted octanol–water partition coefficient (Wildman–Crippen LogP) is 2.96. The zero-order valence-corrected chi connectivity index (χ0v) is 12.5. The second-order valence-electron chi connectivity index (χ2n) is 4.11. The SMILES string of the molecule is CCCCCC(N=C=O)[Si](C)(OCC)OCC. The van der Waals surface area contributed by atoms with E-state index >= 15 is 0 Å². The van der Waals surface area contributed by atoms with Gasteiger partial charge in [0.15, 0.2) is 0 Å². The monoisotopic (exact) mass is 259 g/mol. The van der Waals surface area contributed by atoms with Gasteiger partial charge >= 0.3 is 8.56 Å². The third kappa shape index (κ3) is 6.12. The Labute approximate surface area is 106 Å². The summed E-state index contributed by atoms with van der Waals surface area (Å²) in [4.78, 5) is 14.4. The molecular weight excluding hydrogens is 234 g/mol. The number of hydrogen-bond acceptors (Lipinski definition) is 4. The first kappa shape index (κ1) is 16.5. The van der Waals surface area contributed by atoms with Crippen LogP contribution in [0.2, 0.25) is 6.55 Å². The van der Waals surface area contributed by atoms with Crippen LogP contribution in [0.15, 0.2) is 4.99 Å². The van der Waals surface area contributed by atoms with E-state index in [4.69, 9.17) is 8.85 Å². The first-order valence-corrected chi connectivity index (χ1v) is 8.88. The maximum atomic E-state index is 10.5. The van der Waals surface area contributed by atoms with Crippen molar-refractivity contribution < 1.29 is 13.6 Å². The summed E-state index contributed by atoms with van der Waals surface area (Å²) in [5.74, 6) is 0. The van der Waals surface area contributed by atoms with E-state index < -0.39 is 8.56 Å². The minimum Gasteiger partial charge on any atom is -0.393 e. The van der Waals surface area contributed by atoms with Gasteiger partial charge in [-0.05, 0) is 26.8 Å². The normalized spacial score (nSPS) is 13.2. The summed E-state index contributed by atoms with van der Waals surface area (Å²) in [7, 11) is -2.38. The molecule has 0 saturated heterocycles. The van der Waals surface area contributed by atoms with E-state index in [1.807, 2.05) is 20.4 Å². The number of aliphatic imine (C=N–C) groups is 1.